The van der Waals surface area contributed by atoms with Crippen LogP contribution in [-0.2, 0) is 17.8 Å². The van der Waals surface area contributed by atoms with Crippen LogP contribution in [-0.4, -0.2) is 20.6 Å². The monoisotopic (exact) mass is 338 g/mol. The molecule has 8 nitrogen and oxygen atoms in total. The van der Waals surface area contributed by atoms with Gasteiger partial charge >= 0.3 is 0 Å². The maximum absolute atomic E-state index is 8.76. The summed E-state index contributed by atoms with van der Waals surface area (Å²) in [5.41, 5.74) is 13.2. The summed E-state index contributed by atoms with van der Waals surface area (Å²) in [6, 6.07) is 0. The van der Waals surface area contributed by atoms with Gasteiger partial charge in [0, 0.05) is 16.9 Å². The highest BCUT2D eigenvalue weighted by Crippen LogP contribution is 2.41. The second-order valence-corrected chi connectivity index (χ2v) is 7.18. The van der Waals surface area contributed by atoms with Crippen LogP contribution in [0, 0.1) is 0 Å². The van der Waals surface area contributed by atoms with Gasteiger partial charge in [-0.15, -0.1) is 0 Å². The summed E-state index contributed by atoms with van der Waals surface area (Å²) in [6.07, 6.45) is 2.12. The number of rotatable bonds is 2. The molecular weight excluding hydrogens is 320 g/mol. The Morgan fingerprint density at radius 2 is 2.08 bits per heavy atom. The molecule has 0 aliphatic carbocycles. The summed E-state index contributed by atoms with van der Waals surface area (Å²) in [5.74, 6) is 0.413. The van der Waals surface area contributed by atoms with Gasteiger partial charge in [0.25, 0.3) is 0 Å². The summed E-state index contributed by atoms with van der Waals surface area (Å²) in [7, 11) is 0. The Morgan fingerprint density at radius 3 is 2.80 bits per heavy atom. The SMILES string of the molecule is CC(C)c1nc2oc3c(N=[N+]=[N-])ncnc3c2c2c1COC(C)(C)C2. The zero-order valence-electron chi connectivity index (χ0n) is 14.6. The van der Waals surface area contributed by atoms with Crippen LogP contribution in [0.25, 0.3) is 32.6 Å². The van der Waals surface area contributed by atoms with Gasteiger partial charge in [-0.25, -0.2) is 15.0 Å². The zero-order chi connectivity index (χ0) is 17.8. The Bertz CT molecular complexity index is 1050. The lowest BCUT2D eigenvalue weighted by Gasteiger charge is -2.33. The second-order valence-electron chi connectivity index (χ2n) is 7.18. The van der Waals surface area contributed by atoms with Crippen LogP contribution in [0.5, 0.6) is 0 Å². The molecule has 1 aliphatic rings. The van der Waals surface area contributed by atoms with E-state index >= 15 is 0 Å². The molecule has 0 amide bonds. The number of nitrogens with zero attached hydrogens (tertiary/aromatic N) is 6. The molecule has 1 aliphatic heterocycles. The normalized spacial score (nSPS) is 16.2. The molecule has 0 N–H and O–H groups in total. The third-order valence-electron chi connectivity index (χ3n) is 4.53. The number of fused-ring (bicyclic) bond motifs is 5. The lowest BCUT2D eigenvalue weighted by atomic mass is 9.87. The van der Waals surface area contributed by atoms with E-state index in [-0.39, 0.29) is 17.3 Å². The molecule has 0 saturated heterocycles. The summed E-state index contributed by atoms with van der Waals surface area (Å²) in [5, 5.41) is 4.47. The largest absolute Gasteiger partial charge is 0.434 e. The fraction of sp³-hybridized carbons (Fsp3) is 0.471. The first-order valence-corrected chi connectivity index (χ1v) is 8.19. The average Bonchev–Trinajstić information content (AvgIpc) is 2.93. The van der Waals surface area contributed by atoms with Crippen molar-refractivity contribution in [2.75, 3.05) is 0 Å². The molecule has 0 fully saturated rings. The molecule has 0 radical (unpaired) electrons. The Balaban J connectivity index is 2.14. The molecule has 8 heteroatoms. The third-order valence-corrected chi connectivity index (χ3v) is 4.53. The van der Waals surface area contributed by atoms with Gasteiger partial charge in [0.2, 0.25) is 5.71 Å². The fourth-order valence-electron chi connectivity index (χ4n) is 3.41. The number of aromatic nitrogens is 3. The summed E-state index contributed by atoms with van der Waals surface area (Å²) >= 11 is 0. The van der Waals surface area contributed by atoms with Gasteiger partial charge in [-0.1, -0.05) is 13.8 Å². The van der Waals surface area contributed by atoms with Gasteiger partial charge in [-0.2, -0.15) is 0 Å². The van der Waals surface area contributed by atoms with Gasteiger partial charge in [0.1, 0.15) is 11.8 Å². The van der Waals surface area contributed by atoms with E-state index in [9.17, 15) is 0 Å². The summed E-state index contributed by atoms with van der Waals surface area (Å²) in [4.78, 5) is 15.9. The number of furan rings is 1. The standard InChI is InChI=1S/C17H18N6O2/c1-8(2)12-10-6-24-17(3,4)5-9(10)11-13-14(25-16(11)21-12)15(22-23-18)20-7-19-13/h7-8H,5-6H2,1-4H3. The summed E-state index contributed by atoms with van der Waals surface area (Å²) in [6.45, 7) is 8.85. The van der Waals surface area contributed by atoms with Crippen LogP contribution in [0.3, 0.4) is 0 Å². The van der Waals surface area contributed by atoms with Crippen molar-refractivity contribution in [1.82, 2.24) is 15.0 Å². The topological polar surface area (TPSA) is 110 Å². The minimum absolute atomic E-state index is 0.177. The molecule has 0 bridgehead atoms. The highest BCUT2D eigenvalue weighted by atomic mass is 16.5. The molecule has 0 atom stereocenters. The van der Waals surface area contributed by atoms with Gasteiger partial charge in [-0.05, 0) is 36.0 Å². The van der Waals surface area contributed by atoms with E-state index in [4.69, 9.17) is 19.7 Å². The van der Waals surface area contributed by atoms with E-state index in [2.05, 4.69) is 47.7 Å². The van der Waals surface area contributed by atoms with E-state index < -0.39 is 0 Å². The molecule has 4 heterocycles. The molecule has 25 heavy (non-hydrogen) atoms. The van der Waals surface area contributed by atoms with Gasteiger partial charge in [-0.3, -0.25) is 0 Å². The molecule has 3 aromatic heterocycles. The minimum Gasteiger partial charge on any atom is -0.434 e. The van der Waals surface area contributed by atoms with Crippen molar-refractivity contribution in [1.29, 1.82) is 0 Å². The molecular formula is C17H18N6O2. The van der Waals surface area contributed by atoms with Crippen molar-refractivity contribution in [3.05, 3.63) is 33.6 Å². The van der Waals surface area contributed by atoms with Crippen molar-refractivity contribution in [3.8, 4) is 0 Å². The van der Waals surface area contributed by atoms with Gasteiger partial charge in [0.15, 0.2) is 11.4 Å². The lowest BCUT2D eigenvalue weighted by Crippen LogP contribution is -2.33. The predicted molar refractivity (Wildman–Crippen MR) is 92.6 cm³/mol. The summed E-state index contributed by atoms with van der Waals surface area (Å²) < 4.78 is 11.9. The third kappa shape index (κ3) is 2.42. The quantitative estimate of drug-likeness (QED) is 0.382. The van der Waals surface area contributed by atoms with Crippen molar-refractivity contribution in [3.63, 3.8) is 0 Å². The van der Waals surface area contributed by atoms with Crippen LogP contribution >= 0.6 is 0 Å². The van der Waals surface area contributed by atoms with Gasteiger partial charge < -0.3 is 9.15 Å². The van der Waals surface area contributed by atoms with Gasteiger partial charge in [0.05, 0.1) is 23.3 Å². The number of ether oxygens (including phenoxy) is 1. The average molecular weight is 338 g/mol. The zero-order valence-corrected chi connectivity index (χ0v) is 14.6. The number of azide groups is 1. The fourth-order valence-corrected chi connectivity index (χ4v) is 3.41. The molecule has 0 spiro atoms. The first kappa shape index (κ1) is 15.8. The smallest absolute Gasteiger partial charge is 0.229 e. The van der Waals surface area contributed by atoms with Crippen LogP contribution < -0.4 is 0 Å². The highest BCUT2D eigenvalue weighted by molar-refractivity contribution is 6.06. The first-order valence-electron chi connectivity index (χ1n) is 8.19. The molecule has 0 saturated carbocycles. The van der Waals surface area contributed by atoms with Crippen LogP contribution in [0.2, 0.25) is 0 Å². The Hall–Kier alpha value is -2.70. The minimum atomic E-state index is -0.278. The molecule has 3 aromatic rings. The number of pyridine rings is 1. The second kappa shape index (κ2) is 5.40. The van der Waals surface area contributed by atoms with Crippen LogP contribution in [0.4, 0.5) is 5.82 Å². The van der Waals surface area contributed by atoms with E-state index in [1.807, 2.05) is 0 Å². The van der Waals surface area contributed by atoms with Crippen LogP contribution in [0.1, 0.15) is 50.4 Å². The van der Waals surface area contributed by atoms with E-state index in [0.717, 1.165) is 28.6 Å². The van der Waals surface area contributed by atoms with E-state index in [0.29, 0.717) is 23.4 Å². The number of hydrogen-bond acceptors (Lipinski definition) is 6. The van der Waals surface area contributed by atoms with Crippen molar-refractivity contribution >= 4 is 28.0 Å². The highest BCUT2D eigenvalue weighted by Gasteiger charge is 2.32. The van der Waals surface area contributed by atoms with Crippen LogP contribution in [0.15, 0.2) is 15.9 Å². The molecule has 0 aromatic carbocycles. The molecule has 0 unspecified atom stereocenters. The number of hydrogen-bond donors (Lipinski definition) is 0. The van der Waals surface area contributed by atoms with E-state index in [1.54, 1.807) is 0 Å². The first-order chi connectivity index (χ1) is 11.9. The molecule has 4 rings (SSSR count). The van der Waals surface area contributed by atoms with Crippen molar-refractivity contribution < 1.29 is 9.15 Å². The Labute approximate surface area is 143 Å². The lowest BCUT2D eigenvalue weighted by molar-refractivity contribution is -0.0402. The molecule has 128 valence electrons. The Kier molecular flexibility index (Phi) is 3.42. The van der Waals surface area contributed by atoms with Crippen molar-refractivity contribution in [2.45, 2.75) is 52.2 Å². The predicted octanol–water partition coefficient (Wildman–Crippen LogP) is 4.69. The van der Waals surface area contributed by atoms with E-state index in [1.165, 1.54) is 6.33 Å². The van der Waals surface area contributed by atoms with Crippen molar-refractivity contribution in [2.24, 2.45) is 5.11 Å². The maximum Gasteiger partial charge on any atom is 0.229 e. The maximum atomic E-state index is 8.76. The Morgan fingerprint density at radius 1 is 1.28 bits per heavy atom.